The lowest BCUT2D eigenvalue weighted by Crippen LogP contribution is -1.97. The molecule has 0 atom stereocenters. The van der Waals surface area contributed by atoms with E-state index < -0.39 is 0 Å². The van der Waals surface area contributed by atoms with Crippen LogP contribution < -0.4 is 14.2 Å². The van der Waals surface area contributed by atoms with E-state index in [-0.39, 0.29) is 6.61 Å². The van der Waals surface area contributed by atoms with Crippen LogP contribution in [0.25, 0.3) is 12.2 Å². The van der Waals surface area contributed by atoms with Gasteiger partial charge < -0.3 is 19.3 Å². The molecule has 0 unspecified atom stereocenters. The number of aliphatic hydroxyl groups is 1. The van der Waals surface area contributed by atoms with Gasteiger partial charge in [0, 0.05) is 0 Å². The standard InChI is InChI=1S/C18H20O4/c1-20-15-8-6-13(7-9-15)4-5-14-10-17(21-2)16(12-19)18(11-14)22-3/h4-11,19H,12H2,1-3H3/b5-4+. The minimum absolute atomic E-state index is 0.130. The van der Waals surface area contributed by atoms with Crippen LogP contribution in [-0.4, -0.2) is 26.4 Å². The zero-order chi connectivity index (χ0) is 15.9. The van der Waals surface area contributed by atoms with E-state index in [0.29, 0.717) is 17.1 Å². The molecule has 0 aliphatic heterocycles. The fraction of sp³-hybridized carbons (Fsp3) is 0.222. The second-order valence-corrected chi connectivity index (χ2v) is 4.67. The van der Waals surface area contributed by atoms with Crippen LogP contribution in [0.15, 0.2) is 36.4 Å². The maximum atomic E-state index is 9.42. The van der Waals surface area contributed by atoms with Gasteiger partial charge in [-0.05, 0) is 35.4 Å². The Morgan fingerprint density at radius 1 is 0.818 bits per heavy atom. The molecular weight excluding hydrogens is 280 g/mol. The largest absolute Gasteiger partial charge is 0.497 e. The summed E-state index contributed by atoms with van der Waals surface area (Å²) in [6.07, 6.45) is 3.96. The monoisotopic (exact) mass is 300 g/mol. The van der Waals surface area contributed by atoms with Crippen molar-refractivity contribution >= 4 is 12.2 Å². The number of hydrogen-bond donors (Lipinski definition) is 1. The fourth-order valence-electron chi connectivity index (χ4n) is 2.16. The highest BCUT2D eigenvalue weighted by Crippen LogP contribution is 2.31. The Balaban J connectivity index is 2.29. The molecule has 2 aromatic rings. The summed E-state index contributed by atoms with van der Waals surface area (Å²) >= 11 is 0. The lowest BCUT2D eigenvalue weighted by molar-refractivity contribution is 0.265. The lowest BCUT2D eigenvalue weighted by atomic mass is 10.1. The molecule has 4 heteroatoms. The second-order valence-electron chi connectivity index (χ2n) is 4.67. The summed E-state index contributed by atoms with van der Waals surface area (Å²) in [6, 6.07) is 11.5. The normalized spacial score (nSPS) is 10.7. The molecule has 0 saturated carbocycles. The van der Waals surface area contributed by atoms with Crippen molar-refractivity contribution in [1.82, 2.24) is 0 Å². The van der Waals surface area contributed by atoms with E-state index in [9.17, 15) is 5.11 Å². The average Bonchev–Trinajstić information content (AvgIpc) is 2.59. The zero-order valence-corrected chi connectivity index (χ0v) is 13.0. The van der Waals surface area contributed by atoms with Gasteiger partial charge in [-0.25, -0.2) is 0 Å². The molecule has 0 saturated heterocycles. The molecule has 22 heavy (non-hydrogen) atoms. The SMILES string of the molecule is COc1ccc(/C=C/c2cc(OC)c(CO)c(OC)c2)cc1. The molecule has 0 radical (unpaired) electrons. The van der Waals surface area contributed by atoms with Crippen molar-refractivity contribution in [3.8, 4) is 17.2 Å². The first kappa shape index (κ1) is 15.9. The molecule has 0 fully saturated rings. The second kappa shape index (κ2) is 7.52. The summed E-state index contributed by atoms with van der Waals surface area (Å²) in [6.45, 7) is -0.130. The quantitative estimate of drug-likeness (QED) is 0.831. The Morgan fingerprint density at radius 3 is 1.82 bits per heavy atom. The summed E-state index contributed by atoms with van der Waals surface area (Å²) in [4.78, 5) is 0. The van der Waals surface area contributed by atoms with Crippen molar-refractivity contribution in [2.24, 2.45) is 0 Å². The van der Waals surface area contributed by atoms with Crippen molar-refractivity contribution in [3.05, 3.63) is 53.1 Å². The summed E-state index contributed by atoms with van der Waals surface area (Å²) in [5, 5.41) is 9.42. The summed E-state index contributed by atoms with van der Waals surface area (Å²) in [5.41, 5.74) is 2.64. The smallest absolute Gasteiger partial charge is 0.128 e. The van der Waals surface area contributed by atoms with Crippen LogP contribution in [-0.2, 0) is 6.61 Å². The minimum atomic E-state index is -0.130. The number of hydrogen-bond acceptors (Lipinski definition) is 4. The highest BCUT2D eigenvalue weighted by Gasteiger charge is 2.10. The first-order chi connectivity index (χ1) is 10.7. The van der Waals surface area contributed by atoms with Crippen molar-refractivity contribution < 1.29 is 19.3 Å². The van der Waals surface area contributed by atoms with Crippen molar-refractivity contribution in [2.75, 3.05) is 21.3 Å². The molecule has 0 bridgehead atoms. The van der Waals surface area contributed by atoms with Crippen LogP contribution in [0.3, 0.4) is 0 Å². The van der Waals surface area contributed by atoms with E-state index in [4.69, 9.17) is 14.2 Å². The molecule has 0 amide bonds. The highest BCUT2D eigenvalue weighted by molar-refractivity contribution is 5.72. The van der Waals surface area contributed by atoms with Gasteiger partial charge in [0.05, 0.1) is 33.5 Å². The van der Waals surface area contributed by atoms with Crippen LogP contribution >= 0.6 is 0 Å². The van der Waals surface area contributed by atoms with Gasteiger partial charge in [0.2, 0.25) is 0 Å². The van der Waals surface area contributed by atoms with Crippen LogP contribution in [0.4, 0.5) is 0 Å². The fourth-order valence-corrected chi connectivity index (χ4v) is 2.16. The van der Waals surface area contributed by atoms with E-state index in [1.54, 1.807) is 21.3 Å². The van der Waals surface area contributed by atoms with Gasteiger partial charge in [-0.3, -0.25) is 0 Å². The Morgan fingerprint density at radius 2 is 1.36 bits per heavy atom. The van der Waals surface area contributed by atoms with E-state index in [1.807, 2.05) is 48.6 Å². The number of rotatable bonds is 6. The maximum Gasteiger partial charge on any atom is 0.128 e. The molecule has 2 aromatic carbocycles. The Bertz CT molecular complexity index is 620. The molecule has 116 valence electrons. The van der Waals surface area contributed by atoms with Gasteiger partial charge >= 0.3 is 0 Å². The van der Waals surface area contributed by atoms with E-state index in [1.165, 1.54) is 0 Å². The number of aliphatic hydroxyl groups excluding tert-OH is 1. The third-order valence-corrected chi connectivity index (χ3v) is 3.37. The third kappa shape index (κ3) is 3.59. The first-order valence-electron chi connectivity index (χ1n) is 6.89. The Labute approximate surface area is 130 Å². The molecular formula is C18H20O4. The molecule has 2 rings (SSSR count). The van der Waals surface area contributed by atoms with Gasteiger partial charge in [0.15, 0.2) is 0 Å². The van der Waals surface area contributed by atoms with Gasteiger partial charge in [-0.15, -0.1) is 0 Å². The van der Waals surface area contributed by atoms with E-state index in [0.717, 1.165) is 16.9 Å². The van der Waals surface area contributed by atoms with Crippen LogP contribution in [0.2, 0.25) is 0 Å². The summed E-state index contributed by atoms with van der Waals surface area (Å²) < 4.78 is 15.8. The van der Waals surface area contributed by atoms with Gasteiger partial charge in [-0.1, -0.05) is 24.3 Å². The topological polar surface area (TPSA) is 47.9 Å². The third-order valence-electron chi connectivity index (χ3n) is 3.37. The molecule has 1 N–H and O–H groups in total. The predicted molar refractivity (Wildman–Crippen MR) is 87.4 cm³/mol. The molecule has 0 aromatic heterocycles. The number of ether oxygens (including phenoxy) is 3. The van der Waals surface area contributed by atoms with Crippen LogP contribution in [0.1, 0.15) is 16.7 Å². The number of methoxy groups -OCH3 is 3. The highest BCUT2D eigenvalue weighted by atomic mass is 16.5. The molecule has 0 aliphatic carbocycles. The molecule has 0 aliphatic rings. The minimum Gasteiger partial charge on any atom is -0.497 e. The zero-order valence-electron chi connectivity index (χ0n) is 13.0. The van der Waals surface area contributed by atoms with E-state index >= 15 is 0 Å². The van der Waals surface area contributed by atoms with Gasteiger partial charge in [0.25, 0.3) is 0 Å². The van der Waals surface area contributed by atoms with Crippen LogP contribution in [0.5, 0.6) is 17.2 Å². The average molecular weight is 300 g/mol. The summed E-state index contributed by atoms with van der Waals surface area (Å²) in [7, 11) is 4.79. The molecule has 4 nitrogen and oxygen atoms in total. The lowest BCUT2D eigenvalue weighted by Gasteiger charge is -2.12. The molecule has 0 spiro atoms. The van der Waals surface area contributed by atoms with E-state index in [2.05, 4.69) is 0 Å². The van der Waals surface area contributed by atoms with Gasteiger partial charge in [-0.2, -0.15) is 0 Å². The summed E-state index contributed by atoms with van der Waals surface area (Å²) in [5.74, 6) is 2.04. The van der Waals surface area contributed by atoms with Crippen LogP contribution in [0, 0.1) is 0 Å². The molecule has 0 heterocycles. The number of benzene rings is 2. The van der Waals surface area contributed by atoms with Crippen molar-refractivity contribution in [2.45, 2.75) is 6.61 Å². The maximum absolute atomic E-state index is 9.42. The van der Waals surface area contributed by atoms with Crippen molar-refractivity contribution in [3.63, 3.8) is 0 Å². The Kier molecular flexibility index (Phi) is 5.44. The predicted octanol–water partition coefficient (Wildman–Crippen LogP) is 3.38. The van der Waals surface area contributed by atoms with Crippen molar-refractivity contribution in [1.29, 1.82) is 0 Å². The Hall–Kier alpha value is -2.46. The van der Waals surface area contributed by atoms with Gasteiger partial charge in [0.1, 0.15) is 17.2 Å². The first-order valence-corrected chi connectivity index (χ1v) is 6.89.